The summed E-state index contributed by atoms with van der Waals surface area (Å²) >= 11 is 6.18. The second-order valence-electron chi connectivity index (χ2n) is 5.99. The number of hydrogen-bond donors (Lipinski definition) is 1. The third-order valence-electron chi connectivity index (χ3n) is 4.45. The highest BCUT2D eigenvalue weighted by Gasteiger charge is 2.21. The molecule has 120 valence electrons. The Balaban J connectivity index is 1.60. The van der Waals surface area contributed by atoms with E-state index in [1.807, 2.05) is 12.1 Å². The van der Waals surface area contributed by atoms with Crippen LogP contribution in [0.1, 0.15) is 16.7 Å². The molecule has 3 nitrogen and oxygen atoms in total. The second-order valence-corrected chi connectivity index (χ2v) is 6.33. The average Bonchev–Trinajstić information content (AvgIpc) is 2.62. The molecule has 4 heteroatoms. The van der Waals surface area contributed by atoms with Gasteiger partial charge in [0.15, 0.2) is 0 Å². The van der Waals surface area contributed by atoms with Crippen LogP contribution < -0.4 is 5.32 Å². The van der Waals surface area contributed by atoms with E-state index in [1.165, 1.54) is 22.3 Å². The maximum atomic E-state index is 6.18. The molecule has 2 aromatic carbocycles. The van der Waals surface area contributed by atoms with Crippen molar-refractivity contribution in [3.8, 4) is 11.3 Å². The van der Waals surface area contributed by atoms with Crippen molar-refractivity contribution in [3.05, 3.63) is 76.6 Å². The van der Waals surface area contributed by atoms with Crippen molar-refractivity contribution in [1.29, 1.82) is 0 Å². The van der Waals surface area contributed by atoms with Crippen LogP contribution in [0.25, 0.3) is 11.3 Å². The van der Waals surface area contributed by atoms with Crippen LogP contribution in [0.3, 0.4) is 0 Å². The van der Waals surface area contributed by atoms with Crippen LogP contribution in [0.4, 0.5) is 5.82 Å². The highest BCUT2D eigenvalue weighted by atomic mass is 35.5. The molecule has 4 rings (SSSR count). The lowest BCUT2D eigenvalue weighted by atomic mass is 9.89. The molecular formula is C20H18ClN3. The molecule has 0 spiro atoms. The fraction of sp³-hybridized carbons (Fsp3) is 0.200. The molecule has 0 saturated carbocycles. The molecule has 1 N–H and O–H groups in total. The predicted molar refractivity (Wildman–Crippen MR) is 98.5 cm³/mol. The first-order valence-corrected chi connectivity index (χ1v) is 8.61. The highest BCUT2D eigenvalue weighted by Crippen LogP contribution is 2.35. The van der Waals surface area contributed by atoms with Crippen LogP contribution in [0.15, 0.2) is 54.6 Å². The SMILES string of the molecule is Clc1nc(NCCc2ccccc2)c2c(n1)-c1ccccc1CC2. The van der Waals surface area contributed by atoms with Gasteiger partial charge in [-0.05, 0) is 42.0 Å². The van der Waals surface area contributed by atoms with Crippen LogP contribution >= 0.6 is 11.6 Å². The van der Waals surface area contributed by atoms with E-state index in [4.69, 9.17) is 11.6 Å². The zero-order valence-electron chi connectivity index (χ0n) is 13.3. The first kappa shape index (κ1) is 15.2. The third kappa shape index (κ3) is 3.00. The summed E-state index contributed by atoms with van der Waals surface area (Å²) in [7, 11) is 0. The van der Waals surface area contributed by atoms with E-state index in [2.05, 4.69) is 57.7 Å². The Morgan fingerprint density at radius 3 is 2.58 bits per heavy atom. The summed E-state index contributed by atoms with van der Waals surface area (Å²) < 4.78 is 0. The lowest BCUT2D eigenvalue weighted by molar-refractivity contribution is 0.901. The van der Waals surface area contributed by atoms with Crippen LogP contribution in [0, 0.1) is 0 Å². The smallest absolute Gasteiger partial charge is 0.224 e. The predicted octanol–water partition coefficient (Wildman–Crippen LogP) is 4.55. The van der Waals surface area contributed by atoms with E-state index in [1.54, 1.807) is 0 Å². The minimum absolute atomic E-state index is 0.299. The standard InChI is InChI=1S/C20H18ClN3/c21-20-23-18-16-9-5-4-8-15(16)10-11-17(18)19(24-20)22-13-12-14-6-2-1-3-7-14/h1-9H,10-13H2,(H,22,23,24). The summed E-state index contributed by atoms with van der Waals surface area (Å²) in [4.78, 5) is 8.93. The number of fused-ring (bicyclic) bond motifs is 3. The second kappa shape index (κ2) is 6.62. The lowest BCUT2D eigenvalue weighted by Crippen LogP contribution is -2.14. The third-order valence-corrected chi connectivity index (χ3v) is 4.61. The Hall–Kier alpha value is -2.39. The van der Waals surface area contributed by atoms with Crippen molar-refractivity contribution in [2.24, 2.45) is 0 Å². The number of nitrogens with one attached hydrogen (secondary N) is 1. The van der Waals surface area contributed by atoms with E-state index in [-0.39, 0.29) is 0 Å². The van der Waals surface area contributed by atoms with E-state index < -0.39 is 0 Å². The number of anilines is 1. The van der Waals surface area contributed by atoms with Gasteiger partial charge in [0.2, 0.25) is 5.28 Å². The lowest BCUT2D eigenvalue weighted by Gasteiger charge is -2.21. The zero-order valence-corrected chi connectivity index (χ0v) is 14.1. The Labute approximate surface area is 146 Å². The molecule has 0 fully saturated rings. The van der Waals surface area contributed by atoms with Crippen molar-refractivity contribution in [1.82, 2.24) is 9.97 Å². The monoisotopic (exact) mass is 335 g/mol. The Morgan fingerprint density at radius 2 is 1.71 bits per heavy atom. The number of aryl methyl sites for hydroxylation is 1. The van der Waals surface area contributed by atoms with Crippen LogP contribution in [-0.4, -0.2) is 16.5 Å². The topological polar surface area (TPSA) is 37.8 Å². The van der Waals surface area contributed by atoms with E-state index in [0.717, 1.165) is 37.3 Å². The van der Waals surface area contributed by atoms with Crippen molar-refractivity contribution >= 4 is 17.4 Å². The highest BCUT2D eigenvalue weighted by molar-refractivity contribution is 6.28. The van der Waals surface area contributed by atoms with Gasteiger partial charge in [-0.1, -0.05) is 54.6 Å². The molecule has 0 atom stereocenters. The Kier molecular flexibility index (Phi) is 4.18. The molecule has 3 aromatic rings. The number of hydrogen-bond acceptors (Lipinski definition) is 3. The minimum atomic E-state index is 0.299. The van der Waals surface area contributed by atoms with Crippen LogP contribution in [-0.2, 0) is 19.3 Å². The van der Waals surface area contributed by atoms with Gasteiger partial charge < -0.3 is 5.32 Å². The van der Waals surface area contributed by atoms with Crippen molar-refractivity contribution in [2.75, 3.05) is 11.9 Å². The largest absolute Gasteiger partial charge is 0.369 e. The fourth-order valence-electron chi connectivity index (χ4n) is 3.26. The van der Waals surface area contributed by atoms with Crippen molar-refractivity contribution < 1.29 is 0 Å². The van der Waals surface area contributed by atoms with Gasteiger partial charge in [0.1, 0.15) is 5.82 Å². The van der Waals surface area contributed by atoms with Gasteiger partial charge in [-0.15, -0.1) is 0 Å². The number of benzene rings is 2. The molecule has 1 aliphatic carbocycles. The van der Waals surface area contributed by atoms with Gasteiger partial charge >= 0.3 is 0 Å². The quantitative estimate of drug-likeness (QED) is 0.711. The average molecular weight is 336 g/mol. The van der Waals surface area contributed by atoms with Crippen LogP contribution in [0.2, 0.25) is 5.28 Å². The molecule has 1 aliphatic rings. The van der Waals surface area contributed by atoms with E-state index in [0.29, 0.717) is 5.28 Å². The molecule has 0 saturated heterocycles. The molecule has 0 unspecified atom stereocenters. The van der Waals surface area contributed by atoms with Crippen LogP contribution in [0.5, 0.6) is 0 Å². The number of nitrogens with zero attached hydrogens (tertiary/aromatic N) is 2. The first-order valence-electron chi connectivity index (χ1n) is 8.24. The summed E-state index contributed by atoms with van der Waals surface area (Å²) in [6.07, 6.45) is 2.91. The zero-order chi connectivity index (χ0) is 16.4. The summed E-state index contributed by atoms with van der Waals surface area (Å²) in [5.74, 6) is 0.871. The normalized spacial score (nSPS) is 12.4. The summed E-state index contributed by atoms with van der Waals surface area (Å²) in [5.41, 5.74) is 5.96. The molecule has 0 radical (unpaired) electrons. The molecule has 0 bridgehead atoms. The van der Waals surface area contributed by atoms with Gasteiger partial charge in [-0.2, -0.15) is 0 Å². The molecule has 24 heavy (non-hydrogen) atoms. The Bertz CT molecular complexity index is 862. The molecular weight excluding hydrogens is 318 g/mol. The van der Waals surface area contributed by atoms with Crippen molar-refractivity contribution in [2.45, 2.75) is 19.3 Å². The number of aromatic nitrogens is 2. The van der Waals surface area contributed by atoms with Gasteiger partial charge in [-0.3, -0.25) is 0 Å². The van der Waals surface area contributed by atoms with Gasteiger partial charge in [0.05, 0.1) is 5.69 Å². The maximum absolute atomic E-state index is 6.18. The summed E-state index contributed by atoms with van der Waals surface area (Å²) in [6, 6.07) is 18.8. The van der Waals surface area contributed by atoms with Gasteiger partial charge in [0.25, 0.3) is 0 Å². The first-order chi connectivity index (χ1) is 11.8. The van der Waals surface area contributed by atoms with Gasteiger partial charge in [0, 0.05) is 17.7 Å². The molecule has 0 amide bonds. The number of rotatable bonds is 4. The molecule has 1 aromatic heterocycles. The number of halogens is 1. The van der Waals surface area contributed by atoms with Crippen molar-refractivity contribution in [3.63, 3.8) is 0 Å². The van der Waals surface area contributed by atoms with E-state index in [9.17, 15) is 0 Å². The minimum Gasteiger partial charge on any atom is -0.369 e. The summed E-state index contributed by atoms with van der Waals surface area (Å²) in [5, 5.41) is 3.76. The molecule has 1 heterocycles. The summed E-state index contributed by atoms with van der Waals surface area (Å²) in [6.45, 7) is 0.825. The van der Waals surface area contributed by atoms with E-state index >= 15 is 0 Å². The maximum Gasteiger partial charge on any atom is 0.224 e. The fourth-order valence-corrected chi connectivity index (χ4v) is 3.43. The Morgan fingerprint density at radius 1 is 0.917 bits per heavy atom. The van der Waals surface area contributed by atoms with Gasteiger partial charge in [-0.25, -0.2) is 9.97 Å². The molecule has 0 aliphatic heterocycles.